The number of nitrogens with zero attached hydrogens (tertiary/aromatic N) is 1. The van der Waals surface area contributed by atoms with E-state index in [0.29, 0.717) is 43.4 Å². The third-order valence-electron chi connectivity index (χ3n) is 4.18. The molecule has 7 nitrogen and oxygen atoms in total. The fraction of sp³-hybridized carbons (Fsp3) is 0.333. The minimum atomic E-state index is -0.365. The predicted molar refractivity (Wildman–Crippen MR) is 105 cm³/mol. The van der Waals surface area contributed by atoms with Gasteiger partial charge in [-0.1, -0.05) is 13.0 Å². The number of amides is 2. The van der Waals surface area contributed by atoms with Gasteiger partial charge >= 0.3 is 12.0 Å². The lowest BCUT2D eigenvalue weighted by Crippen LogP contribution is -2.30. The van der Waals surface area contributed by atoms with E-state index in [-0.39, 0.29) is 12.0 Å². The first-order valence-corrected chi connectivity index (χ1v) is 9.24. The molecule has 2 aromatic carbocycles. The monoisotopic (exact) mass is 384 g/mol. The molecule has 3 rings (SSSR count). The van der Waals surface area contributed by atoms with E-state index >= 15 is 0 Å². The fourth-order valence-corrected chi connectivity index (χ4v) is 2.72. The van der Waals surface area contributed by atoms with E-state index in [1.165, 1.54) is 0 Å². The summed E-state index contributed by atoms with van der Waals surface area (Å²) >= 11 is 0. The highest BCUT2D eigenvalue weighted by Crippen LogP contribution is 2.31. The van der Waals surface area contributed by atoms with Crippen molar-refractivity contribution in [1.82, 2.24) is 4.90 Å². The van der Waals surface area contributed by atoms with Crippen molar-refractivity contribution < 1.29 is 23.8 Å². The summed E-state index contributed by atoms with van der Waals surface area (Å²) in [6, 6.07) is 12.0. The summed E-state index contributed by atoms with van der Waals surface area (Å²) in [5.74, 6) is 1.05. The second kappa shape index (κ2) is 9.12. The molecule has 0 saturated carbocycles. The Bertz CT molecular complexity index is 835. The molecule has 1 heterocycles. The van der Waals surface area contributed by atoms with E-state index in [1.54, 1.807) is 36.2 Å². The lowest BCUT2D eigenvalue weighted by Gasteiger charge is -2.21. The molecular weight excluding hydrogens is 360 g/mol. The van der Waals surface area contributed by atoms with Gasteiger partial charge in [-0.15, -0.1) is 0 Å². The zero-order valence-corrected chi connectivity index (χ0v) is 16.1. The normalized spacial score (nSPS) is 12.2. The van der Waals surface area contributed by atoms with Gasteiger partial charge in [0.1, 0.15) is 13.2 Å². The number of carbonyl (C=O) groups excluding carboxylic acids is 2. The molecule has 2 aromatic rings. The first-order valence-electron chi connectivity index (χ1n) is 9.24. The molecule has 0 aliphatic carbocycles. The van der Waals surface area contributed by atoms with Gasteiger partial charge in [0.2, 0.25) is 0 Å². The van der Waals surface area contributed by atoms with Gasteiger partial charge in [0, 0.05) is 19.3 Å². The zero-order chi connectivity index (χ0) is 19.9. The lowest BCUT2D eigenvalue weighted by molar-refractivity contribution is 0.0505. The number of carbonyl (C=O) groups is 2. The maximum absolute atomic E-state index is 12.4. The van der Waals surface area contributed by atoms with E-state index in [2.05, 4.69) is 5.32 Å². The van der Waals surface area contributed by atoms with E-state index in [0.717, 1.165) is 17.7 Å². The van der Waals surface area contributed by atoms with Gasteiger partial charge < -0.3 is 24.4 Å². The number of esters is 1. The van der Waals surface area contributed by atoms with Gasteiger partial charge in [-0.05, 0) is 48.4 Å². The molecule has 0 atom stereocenters. The molecule has 0 bridgehead atoms. The molecule has 1 N–H and O–H groups in total. The molecule has 0 spiro atoms. The molecule has 0 radical (unpaired) electrons. The van der Waals surface area contributed by atoms with E-state index in [9.17, 15) is 9.59 Å². The predicted octanol–water partition coefficient (Wildman–Crippen LogP) is 3.69. The summed E-state index contributed by atoms with van der Waals surface area (Å²) in [6.45, 7) is 3.82. The topological polar surface area (TPSA) is 77.1 Å². The van der Waals surface area contributed by atoms with Gasteiger partial charge in [-0.2, -0.15) is 0 Å². The van der Waals surface area contributed by atoms with Gasteiger partial charge in [0.15, 0.2) is 11.5 Å². The molecule has 7 heteroatoms. The Kier molecular flexibility index (Phi) is 6.37. The fourth-order valence-electron chi connectivity index (χ4n) is 2.72. The Morgan fingerprint density at radius 2 is 1.79 bits per heavy atom. The van der Waals surface area contributed by atoms with E-state index < -0.39 is 0 Å². The molecule has 0 unspecified atom stereocenters. The first-order chi connectivity index (χ1) is 13.6. The lowest BCUT2D eigenvalue weighted by atomic mass is 10.2. The molecule has 2 amide bonds. The Balaban J connectivity index is 1.56. The van der Waals surface area contributed by atoms with Gasteiger partial charge in [-0.25, -0.2) is 9.59 Å². The number of benzene rings is 2. The van der Waals surface area contributed by atoms with Crippen LogP contribution >= 0.6 is 0 Å². The zero-order valence-electron chi connectivity index (χ0n) is 16.1. The molecule has 0 fully saturated rings. The number of nitrogens with one attached hydrogen (secondary N) is 1. The Morgan fingerprint density at radius 3 is 2.50 bits per heavy atom. The highest BCUT2D eigenvalue weighted by molar-refractivity contribution is 5.92. The van der Waals surface area contributed by atoms with Crippen LogP contribution < -0.4 is 14.8 Å². The van der Waals surface area contributed by atoms with Crippen molar-refractivity contribution in [3.05, 3.63) is 53.6 Å². The van der Waals surface area contributed by atoms with Crippen LogP contribution in [-0.4, -0.2) is 43.8 Å². The second-order valence-electron chi connectivity index (χ2n) is 6.48. The van der Waals surface area contributed by atoms with Crippen molar-refractivity contribution in [2.75, 3.05) is 32.2 Å². The van der Waals surface area contributed by atoms with Crippen LogP contribution in [-0.2, 0) is 11.3 Å². The summed E-state index contributed by atoms with van der Waals surface area (Å²) in [7, 11) is 1.71. The Hall–Kier alpha value is -3.22. The highest BCUT2D eigenvalue weighted by atomic mass is 16.6. The number of rotatable bonds is 6. The highest BCUT2D eigenvalue weighted by Gasteiger charge is 2.15. The molecule has 1 aliphatic heterocycles. The molecule has 0 aromatic heterocycles. The second-order valence-corrected chi connectivity index (χ2v) is 6.48. The Labute approximate surface area is 164 Å². The van der Waals surface area contributed by atoms with Crippen molar-refractivity contribution in [3.8, 4) is 11.5 Å². The van der Waals surface area contributed by atoms with Crippen LogP contribution in [0.3, 0.4) is 0 Å². The van der Waals surface area contributed by atoms with Crippen molar-refractivity contribution in [2.24, 2.45) is 0 Å². The summed E-state index contributed by atoms with van der Waals surface area (Å²) in [5.41, 5.74) is 2.00. The van der Waals surface area contributed by atoms with E-state index in [4.69, 9.17) is 14.2 Å². The summed E-state index contributed by atoms with van der Waals surface area (Å²) < 4.78 is 16.2. The van der Waals surface area contributed by atoms with Crippen LogP contribution in [0.15, 0.2) is 42.5 Å². The van der Waals surface area contributed by atoms with Crippen molar-refractivity contribution >= 4 is 17.7 Å². The van der Waals surface area contributed by atoms with Gasteiger partial charge in [0.25, 0.3) is 0 Å². The van der Waals surface area contributed by atoms with Crippen LogP contribution in [0.5, 0.6) is 11.5 Å². The molecular formula is C21H24N2O5. The SMILES string of the molecule is CCCOC(=O)c1ccc(NC(=O)N(C)Cc2ccc3c(c2)OCCO3)cc1. The standard InChI is InChI=1S/C21H24N2O5/c1-3-10-28-20(24)16-5-7-17(8-6-16)22-21(25)23(2)14-15-4-9-18-19(13-15)27-12-11-26-18/h4-9,13H,3,10-12,14H2,1-2H3,(H,22,25). The third kappa shape index (κ3) is 4.94. The van der Waals surface area contributed by atoms with Crippen molar-refractivity contribution in [3.63, 3.8) is 0 Å². The average molecular weight is 384 g/mol. The number of urea groups is 1. The number of hydrogen-bond donors (Lipinski definition) is 1. The minimum absolute atomic E-state index is 0.254. The van der Waals surface area contributed by atoms with E-state index in [1.807, 2.05) is 25.1 Å². The summed E-state index contributed by atoms with van der Waals surface area (Å²) in [6.07, 6.45) is 0.773. The average Bonchev–Trinajstić information content (AvgIpc) is 2.72. The molecule has 0 saturated heterocycles. The molecule has 1 aliphatic rings. The van der Waals surface area contributed by atoms with Crippen LogP contribution in [0.2, 0.25) is 0 Å². The smallest absolute Gasteiger partial charge is 0.338 e. The maximum atomic E-state index is 12.4. The minimum Gasteiger partial charge on any atom is -0.486 e. The number of anilines is 1. The third-order valence-corrected chi connectivity index (χ3v) is 4.18. The van der Waals surface area contributed by atoms with Crippen molar-refractivity contribution in [1.29, 1.82) is 0 Å². The van der Waals surface area contributed by atoms with Crippen molar-refractivity contribution in [2.45, 2.75) is 19.9 Å². The first kappa shape index (κ1) is 19.5. The number of ether oxygens (including phenoxy) is 3. The van der Waals surface area contributed by atoms with Crippen LogP contribution in [0.25, 0.3) is 0 Å². The largest absolute Gasteiger partial charge is 0.486 e. The molecule has 28 heavy (non-hydrogen) atoms. The van der Waals surface area contributed by atoms with Gasteiger partial charge in [0.05, 0.1) is 12.2 Å². The Morgan fingerprint density at radius 1 is 1.07 bits per heavy atom. The number of hydrogen-bond acceptors (Lipinski definition) is 5. The summed E-state index contributed by atoms with van der Waals surface area (Å²) in [5, 5.41) is 2.81. The molecule has 148 valence electrons. The quantitative estimate of drug-likeness (QED) is 0.769. The summed E-state index contributed by atoms with van der Waals surface area (Å²) in [4.78, 5) is 25.8. The number of fused-ring (bicyclic) bond motifs is 1. The maximum Gasteiger partial charge on any atom is 0.338 e. The van der Waals surface area contributed by atoms with Crippen LogP contribution in [0.4, 0.5) is 10.5 Å². The van der Waals surface area contributed by atoms with Crippen LogP contribution in [0.1, 0.15) is 29.3 Å². The van der Waals surface area contributed by atoms with Gasteiger partial charge in [-0.3, -0.25) is 0 Å². The van der Waals surface area contributed by atoms with Crippen LogP contribution in [0, 0.1) is 0 Å².